The highest BCUT2D eigenvalue weighted by molar-refractivity contribution is 7.85. The average molecular weight is 325 g/mol. The van der Waals surface area contributed by atoms with Crippen LogP contribution in [0.25, 0.3) is 0 Å². The lowest BCUT2D eigenvalue weighted by Crippen LogP contribution is -2.48. The van der Waals surface area contributed by atoms with Gasteiger partial charge in [0.25, 0.3) is 0 Å². The highest BCUT2D eigenvalue weighted by atomic mass is 32.2. The Bertz CT molecular complexity index is 670. The van der Waals surface area contributed by atoms with E-state index < -0.39 is 21.9 Å². The number of ether oxygens (including phenoxy) is 1. The van der Waals surface area contributed by atoms with Crippen molar-refractivity contribution < 1.29 is 22.1 Å². The minimum absolute atomic E-state index is 0.00511. The predicted molar refractivity (Wildman–Crippen MR) is 81.2 cm³/mol. The van der Waals surface area contributed by atoms with Crippen molar-refractivity contribution in [1.29, 1.82) is 0 Å². The number of rotatable bonds is 4. The molecule has 1 aromatic rings. The van der Waals surface area contributed by atoms with E-state index in [-0.39, 0.29) is 13.2 Å². The fourth-order valence-corrected chi connectivity index (χ4v) is 3.85. The average Bonchev–Trinajstić information content (AvgIpc) is 2.66. The Labute approximate surface area is 130 Å². The highest BCUT2D eigenvalue weighted by Crippen LogP contribution is 2.34. The van der Waals surface area contributed by atoms with Crippen LogP contribution in [0.4, 0.5) is 4.79 Å². The van der Waals surface area contributed by atoms with Gasteiger partial charge in [0.05, 0.1) is 12.1 Å². The second-order valence-electron chi connectivity index (χ2n) is 5.66. The Balaban J connectivity index is 2.15. The van der Waals surface area contributed by atoms with Gasteiger partial charge in [-0.05, 0) is 25.8 Å². The number of hydrogen-bond donors (Lipinski definition) is 0. The Morgan fingerprint density at radius 3 is 2.64 bits per heavy atom. The summed E-state index contributed by atoms with van der Waals surface area (Å²) in [5.41, 5.74) is 0.511. The zero-order chi connectivity index (χ0) is 16.4. The maximum Gasteiger partial charge on any atom is 0.426 e. The molecule has 1 aromatic carbocycles. The van der Waals surface area contributed by atoms with E-state index in [2.05, 4.69) is 6.58 Å². The molecule has 2 rings (SSSR count). The molecule has 1 aliphatic heterocycles. The Morgan fingerprint density at radius 2 is 2.05 bits per heavy atom. The first-order chi connectivity index (χ1) is 10.2. The van der Waals surface area contributed by atoms with Gasteiger partial charge in [-0.15, -0.1) is 6.58 Å². The summed E-state index contributed by atoms with van der Waals surface area (Å²) in [6, 6.07) is 9.03. The summed E-state index contributed by atoms with van der Waals surface area (Å²) in [5.74, 6) is 0. The van der Waals surface area contributed by atoms with Gasteiger partial charge in [0.1, 0.15) is 6.61 Å². The molecule has 1 saturated heterocycles. The molecule has 7 heteroatoms. The number of benzene rings is 1. The van der Waals surface area contributed by atoms with Crippen LogP contribution in [0.5, 0.6) is 0 Å². The van der Waals surface area contributed by atoms with Gasteiger partial charge in [-0.25, -0.2) is 4.79 Å². The zero-order valence-corrected chi connectivity index (χ0v) is 13.4. The first kappa shape index (κ1) is 16.5. The van der Waals surface area contributed by atoms with E-state index >= 15 is 0 Å². The van der Waals surface area contributed by atoms with Gasteiger partial charge in [0.15, 0.2) is 0 Å². The van der Waals surface area contributed by atoms with E-state index in [1.54, 1.807) is 26.0 Å². The van der Waals surface area contributed by atoms with Crippen LogP contribution in [0.2, 0.25) is 0 Å². The topological polar surface area (TPSA) is 72.9 Å². The molecule has 0 unspecified atom stereocenters. The minimum Gasteiger partial charge on any atom is -0.444 e. The fraction of sp³-hybridized carbons (Fsp3) is 0.400. The third kappa shape index (κ3) is 3.48. The number of amides is 1. The maximum absolute atomic E-state index is 12.2. The lowest BCUT2D eigenvalue weighted by molar-refractivity contribution is 0.0953. The molecule has 0 bridgehead atoms. The number of hydrogen-bond acceptors (Lipinski definition) is 5. The molecule has 6 nitrogen and oxygen atoms in total. The van der Waals surface area contributed by atoms with Gasteiger partial charge in [0.2, 0.25) is 0 Å². The number of carbonyl (C=O) groups excluding carboxylic acids is 1. The highest BCUT2D eigenvalue weighted by Gasteiger charge is 2.52. The third-order valence-electron chi connectivity index (χ3n) is 3.29. The largest absolute Gasteiger partial charge is 0.444 e. The lowest BCUT2D eigenvalue weighted by atomic mass is 9.95. The second kappa shape index (κ2) is 6.10. The quantitative estimate of drug-likeness (QED) is 0.796. The first-order valence-corrected chi connectivity index (χ1v) is 8.16. The summed E-state index contributed by atoms with van der Waals surface area (Å²) in [6.45, 7) is 7.06. The van der Waals surface area contributed by atoms with Crippen LogP contribution in [0, 0.1) is 0 Å². The van der Waals surface area contributed by atoms with Crippen molar-refractivity contribution in [3.63, 3.8) is 0 Å². The van der Waals surface area contributed by atoms with Crippen LogP contribution in [-0.4, -0.2) is 31.0 Å². The van der Waals surface area contributed by atoms with Crippen molar-refractivity contribution >= 4 is 16.4 Å². The molecule has 1 heterocycles. The molecular weight excluding hydrogens is 306 g/mol. The fourth-order valence-electron chi connectivity index (χ4n) is 2.45. The summed E-state index contributed by atoms with van der Waals surface area (Å²) < 4.78 is 34.6. The van der Waals surface area contributed by atoms with Crippen molar-refractivity contribution in [1.82, 2.24) is 4.31 Å². The van der Waals surface area contributed by atoms with Crippen molar-refractivity contribution in [3.05, 3.63) is 48.0 Å². The third-order valence-corrected chi connectivity index (χ3v) is 4.74. The van der Waals surface area contributed by atoms with Crippen LogP contribution in [0.1, 0.15) is 25.8 Å². The van der Waals surface area contributed by atoms with Gasteiger partial charge >= 0.3 is 16.4 Å². The van der Waals surface area contributed by atoms with E-state index in [0.29, 0.717) is 10.7 Å². The monoisotopic (exact) mass is 325 g/mol. The predicted octanol–water partition coefficient (Wildman–Crippen LogP) is 2.63. The van der Waals surface area contributed by atoms with Crippen LogP contribution < -0.4 is 0 Å². The summed E-state index contributed by atoms with van der Waals surface area (Å²) in [7, 11) is -4.13. The van der Waals surface area contributed by atoms with Crippen molar-refractivity contribution in [3.8, 4) is 0 Å². The molecule has 1 aliphatic rings. The summed E-state index contributed by atoms with van der Waals surface area (Å²) in [5, 5.41) is 0. The molecule has 1 amide bonds. The van der Waals surface area contributed by atoms with Gasteiger partial charge in [0, 0.05) is 0 Å². The maximum atomic E-state index is 12.2. The number of carbonyl (C=O) groups is 1. The molecule has 0 aromatic heterocycles. The Hall–Kier alpha value is -1.86. The van der Waals surface area contributed by atoms with E-state index in [0.717, 1.165) is 11.1 Å². The molecule has 0 saturated carbocycles. The standard InChI is InChI=1S/C15H19NO5S/c1-12(2)9-15(3)11-21-22(18,19)16(15)14(17)20-10-13-7-5-4-6-8-13/h4-8H,1,9-11H2,2-3H3/t15-/m1/s1. The lowest BCUT2D eigenvalue weighted by Gasteiger charge is -2.30. The smallest absolute Gasteiger partial charge is 0.426 e. The summed E-state index contributed by atoms with van der Waals surface area (Å²) in [6.07, 6.45) is -0.628. The Morgan fingerprint density at radius 1 is 1.41 bits per heavy atom. The van der Waals surface area contributed by atoms with Gasteiger partial charge in [-0.1, -0.05) is 35.9 Å². The minimum atomic E-state index is -4.13. The van der Waals surface area contributed by atoms with Crippen molar-refractivity contribution in [2.75, 3.05) is 6.61 Å². The molecule has 1 fully saturated rings. The van der Waals surface area contributed by atoms with Gasteiger partial charge in [-0.2, -0.15) is 12.7 Å². The Kier molecular flexibility index (Phi) is 4.58. The van der Waals surface area contributed by atoms with Crippen LogP contribution in [-0.2, 0) is 25.8 Å². The van der Waals surface area contributed by atoms with Crippen molar-refractivity contribution in [2.24, 2.45) is 0 Å². The molecule has 0 N–H and O–H groups in total. The number of nitrogens with zero attached hydrogens (tertiary/aromatic N) is 1. The van der Waals surface area contributed by atoms with Crippen LogP contribution >= 0.6 is 0 Å². The van der Waals surface area contributed by atoms with Crippen LogP contribution in [0.15, 0.2) is 42.5 Å². The molecule has 1 atom stereocenters. The molecule has 0 aliphatic carbocycles. The van der Waals surface area contributed by atoms with E-state index in [9.17, 15) is 13.2 Å². The summed E-state index contributed by atoms with van der Waals surface area (Å²) >= 11 is 0. The van der Waals surface area contributed by atoms with E-state index in [1.165, 1.54) is 0 Å². The molecule has 22 heavy (non-hydrogen) atoms. The molecular formula is C15H19NO5S. The van der Waals surface area contributed by atoms with Crippen LogP contribution in [0.3, 0.4) is 0 Å². The van der Waals surface area contributed by atoms with Gasteiger partial charge < -0.3 is 4.74 Å². The second-order valence-corrected chi connectivity index (χ2v) is 7.11. The van der Waals surface area contributed by atoms with E-state index in [4.69, 9.17) is 8.92 Å². The molecule has 0 radical (unpaired) electrons. The van der Waals surface area contributed by atoms with Gasteiger partial charge in [-0.3, -0.25) is 4.18 Å². The summed E-state index contributed by atoms with van der Waals surface area (Å²) in [4.78, 5) is 12.2. The molecule has 120 valence electrons. The SMILES string of the molecule is C=C(C)C[C@]1(C)COS(=O)(=O)N1C(=O)OCc1ccccc1. The zero-order valence-electron chi connectivity index (χ0n) is 12.6. The first-order valence-electron chi connectivity index (χ1n) is 6.79. The normalized spacial score (nSPS) is 23.3. The van der Waals surface area contributed by atoms with Crippen molar-refractivity contribution in [2.45, 2.75) is 32.4 Å². The van der Waals surface area contributed by atoms with E-state index in [1.807, 2.05) is 18.2 Å². The molecule has 0 spiro atoms.